The van der Waals surface area contributed by atoms with E-state index in [1.807, 2.05) is 19.1 Å². The molecule has 5 heteroatoms. The van der Waals surface area contributed by atoms with Crippen molar-refractivity contribution in [3.8, 4) is 0 Å². The SMILES string of the molecule is Cc1cc(N2CCSC3CCCCC32)ccc1[N+](=O)[O-]. The summed E-state index contributed by atoms with van der Waals surface area (Å²) < 4.78 is 0. The van der Waals surface area contributed by atoms with Crippen LogP contribution in [0.1, 0.15) is 31.2 Å². The van der Waals surface area contributed by atoms with E-state index in [1.54, 1.807) is 6.07 Å². The lowest BCUT2D eigenvalue weighted by atomic mass is 9.92. The van der Waals surface area contributed by atoms with E-state index in [1.165, 1.54) is 25.7 Å². The number of thioether (sulfide) groups is 1. The highest BCUT2D eigenvalue weighted by Gasteiger charge is 2.34. The second kappa shape index (κ2) is 5.64. The Labute approximate surface area is 123 Å². The van der Waals surface area contributed by atoms with E-state index in [-0.39, 0.29) is 10.6 Å². The van der Waals surface area contributed by atoms with Gasteiger partial charge in [-0.1, -0.05) is 12.8 Å². The number of nitro benzene ring substituents is 1. The van der Waals surface area contributed by atoms with Gasteiger partial charge >= 0.3 is 0 Å². The highest BCUT2D eigenvalue weighted by Crippen LogP contribution is 2.38. The van der Waals surface area contributed by atoms with E-state index in [0.717, 1.165) is 28.8 Å². The zero-order valence-electron chi connectivity index (χ0n) is 11.7. The summed E-state index contributed by atoms with van der Waals surface area (Å²) in [6, 6.07) is 6.18. The minimum atomic E-state index is -0.297. The molecule has 2 fully saturated rings. The molecule has 0 spiro atoms. The number of rotatable bonds is 2. The average Bonchev–Trinajstić information content (AvgIpc) is 2.46. The second-order valence-corrected chi connectivity index (χ2v) is 7.03. The molecule has 1 saturated heterocycles. The normalized spacial score (nSPS) is 26.1. The van der Waals surface area contributed by atoms with Crippen molar-refractivity contribution in [2.45, 2.75) is 43.9 Å². The summed E-state index contributed by atoms with van der Waals surface area (Å²) in [5.41, 5.74) is 2.14. The number of aryl methyl sites for hydroxylation is 1. The van der Waals surface area contributed by atoms with E-state index < -0.39 is 0 Å². The average molecular weight is 292 g/mol. The Bertz CT molecular complexity index is 519. The van der Waals surface area contributed by atoms with Gasteiger partial charge < -0.3 is 4.90 Å². The highest BCUT2D eigenvalue weighted by atomic mass is 32.2. The van der Waals surface area contributed by atoms with E-state index in [0.29, 0.717) is 6.04 Å². The van der Waals surface area contributed by atoms with Crippen molar-refractivity contribution < 1.29 is 4.92 Å². The topological polar surface area (TPSA) is 46.4 Å². The predicted octanol–water partition coefficient (Wildman–Crippen LogP) is 3.77. The number of anilines is 1. The molecule has 1 aliphatic carbocycles. The molecule has 108 valence electrons. The Hall–Kier alpha value is -1.23. The van der Waals surface area contributed by atoms with Crippen molar-refractivity contribution in [2.75, 3.05) is 17.2 Å². The van der Waals surface area contributed by atoms with Gasteiger partial charge in [0.05, 0.1) is 4.92 Å². The van der Waals surface area contributed by atoms with Gasteiger partial charge in [-0.25, -0.2) is 0 Å². The first-order valence-electron chi connectivity index (χ1n) is 7.30. The molecule has 2 unspecified atom stereocenters. The summed E-state index contributed by atoms with van der Waals surface area (Å²) in [5.74, 6) is 1.16. The number of nitrogens with zero attached hydrogens (tertiary/aromatic N) is 2. The summed E-state index contributed by atoms with van der Waals surface area (Å²) >= 11 is 2.11. The zero-order valence-corrected chi connectivity index (χ0v) is 12.6. The van der Waals surface area contributed by atoms with Crippen molar-refractivity contribution in [2.24, 2.45) is 0 Å². The van der Waals surface area contributed by atoms with Crippen molar-refractivity contribution in [3.63, 3.8) is 0 Å². The van der Waals surface area contributed by atoms with Crippen LogP contribution in [0.3, 0.4) is 0 Å². The van der Waals surface area contributed by atoms with Gasteiger partial charge in [0.2, 0.25) is 0 Å². The molecule has 20 heavy (non-hydrogen) atoms. The van der Waals surface area contributed by atoms with E-state index in [4.69, 9.17) is 0 Å². The van der Waals surface area contributed by atoms with Gasteiger partial charge in [-0.15, -0.1) is 0 Å². The zero-order chi connectivity index (χ0) is 14.1. The third-order valence-electron chi connectivity index (χ3n) is 4.44. The Morgan fingerprint density at radius 3 is 2.90 bits per heavy atom. The highest BCUT2D eigenvalue weighted by molar-refractivity contribution is 8.00. The van der Waals surface area contributed by atoms with Gasteiger partial charge in [0.15, 0.2) is 0 Å². The van der Waals surface area contributed by atoms with Gasteiger partial charge in [-0.3, -0.25) is 10.1 Å². The minimum Gasteiger partial charge on any atom is -0.367 e. The lowest BCUT2D eigenvalue weighted by Gasteiger charge is -2.45. The Kier molecular flexibility index (Phi) is 3.87. The Morgan fingerprint density at radius 1 is 1.35 bits per heavy atom. The minimum absolute atomic E-state index is 0.223. The maximum atomic E-state index is 10.9. The van der Waals surface area contributed by atoms with Crippen LogP contribution in [-0.2, 0) is 0 Å². The summed E-state index contributed by atoms with van der Waals surface area (Å²) in [6.45, 7) is 2.89. The predicted molar refractivity (Wildman–Crippen MR) is 83.7 cm³/mol. The van der Waals surface area contributed by atoms with Crippen LogP contribution in [0.4, 0.5) is 11.4 Å². The van der Waals surface area contributed by atoms with Crippen molar-refractivity contribution in [1.82, 2.24) is 0 Å². The summed E-state index contributed by atoms with van der Waals surface area (Å²) in [7, 11) is 0. The molecule has 4 nitrogen and oxygen atoms in total. The third kappa shape index (κ3) is 2.51. The Morgan fingerprint density at radius 2 is 2.15 bits per heavy atom. The third-order valence-corrected chi connectivity index (χ3v) is 5.84. The molecular weight excluding hydrogens is 272 g/mol. The quantitative estimate of drug-likeness (QED) is 0.615. The molecule has 0 aromatic heterocycles. The van der Waals surface area contributed by atoms with Crippen molar-refractivity contribution in [3.05, 3.63) is 33.9 Å². The molecule has 1 saturated carbocycles. The molecule has 0 bridgehead atoms. The van der Waals surface area contributed by atoms with Crippen LogP contribution in [0.2, 0.25) is 0 Å². The molecule has 2 aliphatic rings. The fraction of sp³-hybridized carbons (Fsp3) is 0.600. The van der Waals surface area contributed by atoms with E-state index in [9.17, 15) is 10.1 Å². The first-order chi connectivity index (χ1) is 9.66. The molecule has 0 radical (unpaired) electrons. The lowest BCUT2D eigenvalue weighted by Crippen LogP contribution is -2.49. The molecule has 3 rings (SSSR count). The maximum Gasteiger partial charge on any atom is 0.272 e. The molecule has 0 amide bonds. The second-order valence-electron chi connectivity index (χ2n) is 5.68. The van der Waals surface area contributed by atoms with E-state index >= 15 is 0 Å². The summed E-state index contributed by atoms with van der Waals surface area (Å²) in [4.78, 5) is 13.1. The number of fused-ring (bicyclic) bond motifs is 1. The first kappa shape index (κ1) is 13.7. The van der Waals surface area contributed by atoms with Gasteiger partial charge in [0.25, 0.3) is 5.69 Å². The van der Waals surface area contributed by atoms with Gasteiger partial charge in [-0.2, -0.15) is 11.8 Å². The van der Waals surface area contributed by atoms with Gasteiger partial charge in [0.1, 0.15) is 0 Å². The van der Waals surface area contributed by atoms with Crippen LogP contribution in [0.25, 0.3) is 0 Å². The summed E-state index contributed by atoms with van der Waals surface area (Å²) in [5, 5.41) is 11.7. The van der Waals surface area contributed by atoms with E-state index in [2.05, 4.69) is 16.7 Å². The largest absolute Gasteiger partial charge is 0.367 e. The molecule has 1 aliphatic heterocycles. The monoisotopic (exact) mass is 292 g/mol. The lowest BCUT2D eigenvalue weighted by molar-refractivity contribution is -0.385. The smallest absolute Gasteiger partial charge is 0.272 e. The van der Waals surface area contributed by atoms with Gasteiger partial charge in [0, 0.05) is 40.9 Å². The molecule has 1 aromatic carbocycles. The van der Waals surface area contributed by atoms with Crippen LogP contribution in [0.5, 0.6) is 0 Å². The fourth-order valence-electron chi connectivity index (χ4n) is 3.44. The fourth-order valence-corrected chi connectivity index (χ4v) is 4.88. The van der Waals surface area contributed by atoms with Crippen LogP contribution >= 0.6 is 11.8 Å². The maximum absolute atomic E-state index is 10.9. The molecule has 1 heterocycles. The van der Waals surface area contributed by atoms with Crippen molar-refractivity contribution in [1.29, 1.82) is 0 Å². The van der Waals surface area contributed by atoms with Crippen LogP contribution in [0, 0.1) is 17.0 Å². The number of hydrogen-bond acceptors (Lipinski definition) is 4. The number of nitro groups is 1. The summed E-state index contributed by atoms with van der Waals surface area (Å²) in [6.07, 6.45) is 5.23. The van der Waals surface area contributed by atoms with Crippen molar-refractivity contribution >= 4 is 23.1 Å². The number of hydrogen-bond donors (Lipinski definition) is 0. The van der Waals surface area contributed by atoms with Crippen LogP contribution < -0.4 is 4.90 Å². The van der Waals surface area contributed by atoms with Crippen LogP contribution in [0.15, 0.2) is 18.2 Å². The molecular formula is C15H20N2O2S. The molecule has 0 N–H and O–H groups in total. The first-order valence-corrected chi connectivity index (χ1v) is 8.35. The van der Waals surface area contributed by atoms with Crippen LogP contribution in [-0.4, -0.2) is 28.5 Å². The number of benzene rings is 1. The Balaban J connectivity index is 1.87. The molecule has 2 atom stereocenters. The molecule has 1 aromatic rings. The standard InChI is InChI=1S/C15H20N2O2S/c1-11-10-12(6-7-13(11)17(18)19)16-8-9-20-15-5-3-2-4-14(15)16/h6-7,10,14-15H,2-5,8-9H2,1H3. The van der Waals surface area contributed by atoms with Gasteiger partial charge in [-0.05, 0) is 31.9 Å².